The topological polar surface area (TPSA) is 52.6 Å². The van der Waals surface area contributed by atoms with Gasteiger partial charge in [0.15, 0.2) is 0 Å². The van der Waals surface area contributed by atoms with E-state index in [1.807, 2.05) is 48.5 Å². The van der Waals surface area contributed by atoms with E-state index < -0.39 is 32.6 Å². The summed E-state index contributed by atoms with van der Waals surface area (Å²) in [5.41, 5.74) is 2.12. The second-order valence-electron chi connectivity index (χ2n) is 4.37. The van der Waals surface area contributed by atoms with Crippen molar-refractivity contribution in [2.24, 2.45) is 0 Å². The maximum absolute atomic E-state index is 11.2. The van der Waals surface area contributed by atoms with Gasteiger partial charge in [-0.1, -0.05) is 0 Å². The third-order valence-electron chi connectivity index (χ3n) is 2.56. The molecule has 116 valence electrons. The van der Waals surface area contributed by atoms with Gasteiger partial charge in [0.25, 0.3) is 0 Å². The van der Waals surface area contributed by atoms with Crippen molar-refractivity contribution in [1.82, 2.24) is 0 Å². The van der Waals surface area contributed by atoms with Crippen molar-refractivity contribution in [2.75, 3.05) is 0 Å². The number of carbonyl (C=O) groups excluding carboxylic acids is 2. The molecule has 0 radical (unpaired) electrons. The number of hydrogen-bond donors (Lipinski definition) is 0. The van der Waals surface area contributed by atoms with Crippen molar-refractivity contribution in [3.8, 4) is 11.1 Å². The molecule has 0 N–H and O–H groups in total. The molecule has 6 heteroatoms. The van der Waals surface area contributed by atoms with Crippen LogP contribution in [0.3, 0.4) is 0 Å². The Morgan fingerprint density at radius 2 is 1.23 bits per heavy atom. The Balaban J connectivity index is 2.23. The molecule has 2 aromatic rings. The summed E-state index contributed by atoms with van der Waals surface area (Å²) in [5, 5.41) is 0. The van der Waals surface area contributed by atoms with Gasteiger partial charge in [0, 0.05) is 0 Å². The molecule has 0 atom stereocenters. The summed E-state index contributed by atoms with van der Waals surface area (Å²) in [6, 6.07) is 15.5. The number of benzene rings is 2. The van der Waals surface area contributed by atoms with Crippen LogP contribution in [0.15, 0.2) is 53.0 Å². The third kappa shape index (κ3) is 4.81. The molecule has 0 saturated heterocycles. The zero-order valence-corrected chi connectivity index (χ0v) is 15.8. The van der Waals surface area contributed by atoms with Crippen LogP contribution in [0.2, 0.25) is 0 Å². The summed E-state index contributed by atoms with van der Waals surface area (Å²) in [4.78, 5) is 22.3. The Bertz CT molecular complexity index is 652. The Morgan fingerprint density at radius 1 is 0.818 bits per heavy atom. The van der Waals surface area contributed by atoms with E-state index in [0.717, 1.165) is 19.2 Å². The van der Waals surface area contributed by atoms with Gasteiger partial charge in [0.05, 0.1) is 0 Å². The zero-order valence-electron chi connectivity index (χ0n) is 12.0. The predicted octanol–water partition coefficient (Wildman–Crippen LogP) is 4.75. The molecule has 0 aromatic heterocycles. The molecule has 0 heterocycles. The van der Waals surface area contributed by atoms with Crippen LogP contribution in [-0.2, 0) is 15.7 Å². The van der Waals surface area contributed by atoms with Gasteiger partial charge < -0.3 is 0 Å². The van der Waals surface area contributed by atoms with E-state index in [2.05, 4.69) is 15.9 Å². The molecule has 0 fully saturated rings. The van der Waals surface area contributed by atoms with Crippen molar-refractivity contribution in [3.63, 3.8) is 0 Å². The second-order valence-corrected chi connectivity index (χ2v) is 8.65. The molecular formula is C16H14BrIO4. The Hall–Kier alpha value is -1.41. The summed E-state index contributed by atoms with van der Waals surface area (Å²) >= 11 is 0.672. The summed E-state index contributed by atoms with van der Waals surface area (Å²) in [7, 11) is 0. The molecule has 2 aromatic carbocycles. The van der Waals surface area contributed by atoms with E-state index in [1.54, 1.807) is 0 Å². The van der Waals surface area contributed by atoms with Gasteiger partial charge in [0.2, 0.25) is 0 Å². The minimum absolute atomic E-state index is 0.441. The van der Waals surface area contributed by atoms with E-state index in [4.69, 9.17) is 6.13 Å². The fourth-order valence-electron chi connectivity index (χ4n) is 1.69. The Morgan fingerprint density at radius 3 is 1.64 bits per heavy atom. The van der Waals surface area contributed by atoms with Crippen molar-refractivity contribution >= 4 is 48.5 Å². The van der Waals surface area contributed by atoms with E-state index in [1.165, 1.54) is 13.8 Å². The van der Waals surface area contributed by atoms with Crippen LogP contribution in [0.1, 0.15) is 13.8 Å². The van der Waals surface area contributed by atoms with Crippen LogP contribution in [0, 0.1) is 3.57 Å². The summed E-state index contributed by atoms with van der Waals surface area (Å²) in [6.07, 6.45) is 0. The maximum atomic E-state index is 11.2. The van der Waals surface area contributed by atoms with Crippen molar-refractivity contribution in [1.29, 1.82) is 0 Å². The fraction of sp³-hybridized carbons (Fsp3) is 0.125. The van der Waals surface area contributed by atoms with Gasteiger partial charge in [-0.3, -0.25) is 0 Å². The Kier molecular flexibility index (Phi) is 5.96. The molecular weight excluding hydrogens is 463 g/mol. The predicted molar refractivity (Wildman–Crippen MR) is 95.8 cm³/mol. The average Bonchev–Trinajstić information content (AvgIpc) is 2.47. The molecule has 0 unspecified atom stereocenters. The summed E-state index contributed by atoms with van der Waals surface area (Å²) in [6.45, 7) is 2.62. The Labute approximate surface area is 145 Å². The fourth-order valence-corrected chi connectivity index (χ4v) is 4.63. The second kappa shape index (κ2) is 7.73. The van der Waals surface area contributed by atoms with Crippen molar-refractivity contribution < 1.29 is 15.7 Å². The number of halogens is 2. The van der Waals surface area contributed by atoms with Crippen LogP contribution < -0.4 is 0 Å². The minimum atomic E-state index is -2.73. The quantitative estimate of drug-likeness (QED) is 0.597. The van der Waals surface area contributed by atoms with Gasteiger partial charge in [0.1, 0.15) is 0 Å². The standard InChI is InChI=1S/C16H14BrIO4/c1-11(19)21-18(22-12(2)20)16-9-5-14(6-10-16)13-3-7-15(17)8-4-13/h3-10H,1-2H3. The molecule has 0 aliphatic heterocycles. The van der Waals surface area contributed by atoms with Gasteiger partial charge in [-0.25, -0.2) is 0 Å². The van der Waals surface area contributed by atoms with Crippen molar-refractivity contribution in [3.05, 3.63) is 56.6 Å². The molecule has 4 nitrogen and oxygen atoms in total. The van der Waals surface area contributed by atoms with Crippen LogP contribution in [0.4, 0.5) is 0 Å². The first-order chi connectivity index (χ1) is 10.5. The SMILES string of the molecule is CC(=O)OI(OC(C)=O)c1ccc(-c2ccc(Br)cc2)cc1. The third-order valence-corrected chi connectivity index (χ3v) is 6.86. The first-order valence-electron chi connectivity index (χ1n) is 6.40. The van der Waals surface area contributed by atoms with Gasteiger partial charge in [-0.15, -0.1) is 0 Å². The molecule has 0 amide bonds. The molecule has 0 aliphatic rings. The van der Waals surface area contributed by atoms with Crippen molar-refractivity contribution in [2.45, 2.75) is 13.8 Å². The van der Waals surface area contributed by atoms with E-state index in [-0.39, 0.29) is 0 Å². The molecule has 2 rings (SSSR count). The first-order valence-corrected chi connectivity index (χ1v) is 10.0. The van der Waals surface area contributed by atoms with E-state index in [0.29, 0.717) is 0 Å². The van der Waals surface area contributed by atoms with Crippen LogP contribution in [0.25, 0.3) is 11.1 Å². The summed E-state index contributed by atoms with van der Waals surface area (Å²) < 4.78 is 12.1. The number of carbonyl (C=O) groups is 2. The normalized spacial score (nSPS) is 10.8. The molecule has 22 heavy (non-hydrogen) atoms. The van der Waals surface area contributed by atoms with Gasteiger partial charge in [-0.05, 0) is 0 Å². The van der Waals surface area contributed by atoms with Gasteiger partial charge >= 0.3 is 146 Å². The number of rotatable bonds is 4. The number of hydrogen-bond acceptors (Lipinski definition) is 4. The summed E-state index contributed by atoms with van der Waals surface area (Å²) in [5.74, 6) is -0.883. The van der Waals surface area contributed by atoms with E-state index >= 15 is 0 Å². The van der Waals surface area contributed by atoms with Crippen LogP contribution in [0.5, 0.6) is 0 Å². The molecule has 0 saturated carbocycles. The molecule has 0 aliphatic carbocycles. The molecule has 0 spiro atoms. The zero-order chi connectivity index (χ0) is 16.1. The first kappa shape index (κ1) is 17.0. The van der Waals surface area contributed by atoms with Crippen LogP contribution >= 0.6 is 36.6 Å². The van der Waals surface area contributed by atoms with Crippen LogP contribution in [-0.4, -0.2) is 11.9 Å². The van der Waals surface area contributed by atoms with Gasteiger partial charge in [-0.2, -0.15) is 0 Å². The molecule has 0 bridgehead atoms. The van der Waals surface area contributed by atoms with E-state index in [9.17, 15) is 9.59 Å². The monoisotopic (exact) mass is 476 g/mol. The average molecular weight is 477 g/mol.